The minimum atomic E-state index is -0.409. The maximum absolute atomic E-state index is 12.4. The lowest BCUT2D eigenvalue weighted by atomic mass is 9.94. The van der Waals surface area contributed by atoms with Crippen molar-refractivity contribution in [2.75, 3.05) is 19.6 Å². The second kappa shape index (κ2) is 7.67. The summed E-state index contributed by atoms with van der Waals surface area (Å²) in [6.45, 7) is 9.02. The highest BCUT2D eigenvalue weighted by atomic mass is 32.1. The number of aromatic nitrogens is 2. The van der Waals surface area contributed by atoms with Crippen LogP contribution in [-0.2, 0) is 16.1 Å². The number of nitrogens with one attached hydrogen (secondary N) is 2. The van der Waals surface area contributed by atoms with E-state index in [1.807, 2.05) is 18.2 Å². The highest BCUT2D eigenvalue weighted by Gasteiger charge is 2.33. The molecule has 1 unspecified atom stereocenters. The Morgan fingerprint density at radius 2 is 2.12 bits per heavy atom. The van der Waals surface area contributed by atoms with E-state index in [1.165, 1.54) is 11.7 Å². The first-order valence-electron chi connectivity index (χ1n) is 8.81. The Bertz CT molecular complexity index is 798. The number of carbonyl (C=O) groups is 2. The molecular weight excluding hydrogens is 350 g/mol. The molecule has 0 spiro atoms. The van der Waals surface area contributed by atoms with Crippen molar-refractivity contribution < 1.29 is 9.59 Å². The molecule has 1 atom stereocenters. The molecule has 1 aromatic carbocycles. The standard InChI is InChI=1S/C18H25N5O2S/c1-18(2,3)11-23-7-6-19-17(25)15(23)9-16(24)20-10-12-4-5-13-14(8-12)22-26-21-13/h4-5,8,15H,6-7,9-11H2,1-3H3,(H,19,25)(H,20,24). The van der Waals surface area contributed by atoms with Gasteiger partial charge in [-0.2, -0.15) is 8.75 Å². The van der Waals surface area contributed by atoms with Crippen LogP contribution in [0.25, 0.3) is 11.0 Å². The quantitative estimate of drug-likeness (QED) is 0.828. The fraction of sp³-hybridized carbons (Fsp3) is 0.556. The van der Waals surface area contributed by atoms with E-state index < -0.39 is 6.04 Å². The van der Waals surface area contributed by atoms with E-state index in [9.17, 15) is 9.59 Å². The number of carbonyl (C=O) groups excluding carboxylic acids is 2. The fourth-order valence-electron chi connectivity index (χ4n) is 3.17. The van der Waals surface area contributed by atoms with Gasteiger partial charge in [-0.1, -0.05) is 26.8 Å². The average molecular weight is 375 g/mol. The van der Waals surface area contributed by atoms with Crippen molar-refractivity contribution in [2.45, 2.75) is 39.8 Å². The molecule has 1 aliphatic heterocycles. The zero-order valence-corrected chi connectivity index (χ0v) is 16.2. The predicted octanol–water partition coefficient (Wildman–Crippen LogP) is 1.54. The lowest BCUT2D eigenvalue weighted by Gasteiger charge is -2.38. The minimum Gasteiger partial charge on any atom is -0.353 e. The van der Waals surface area contributed by atoms with E-state index in [0.717, 1.165) is 29.7 Å². The van der Waals surface area contributed by atoms with Crippen LogP contribution in [0.1, 0.15) is 32.8 Å². The van der Waals surface area contributed by atoms with Gasteiger partial charge in [-0.25, -0.2) is 0 Å². The number of hydrogen-bond donors (Lipinski definition) is 2. The van der Waals surface area contributed by atoms with Crippen LogP contribution in [0, 0.1) is 5.41 Å². The summed E-state index contributed by atoms with van der Waals surface area (Å²) in [7, 11) is 0. The van der Waals surface area contributed by atoms with Gasteiger partial charge in [0.1, 0.15) is 11.0 Å². The molecule has 7 nitrogen and oxygen atoms in total. The summed E-state index contributed by atoms with van der Waals surface area (Å²) >= 11 is 1.18. The van der Waals surface area contributed by atoms with Crippen molar-refractivity contribution in [1.29, 1.82) is 0 Å². The second-order valence-electron chi connectivity index (χ2n) is 7.91. The van der Waals surface area contributed by atoms with Gasteiger partial charge in [0.2, 0.25) is 11.8 Å². The molecule has 8 heteroatoms. The van der Waals surface area contributed by atoms with E-state index >= 15 is 0 Å². The Balaban J connectivity index is 1.58. The third-order valence-electron chi connectivity index (χ3n) is 4.31. The summed E-state index contributed by atoms with van der Waals surface area (Å²) in [6, 6.07) is 5.36. The maximum Gasteiger partial charge on any atom is 0.237 e. The number of hydrogen-bond acceptors (Lipinski definition) is 6. The van der Waals surface area contributed by atoms with Crippen molar-refractivity contribution in [3.05, 3.63) is 23.8 Å². The monoisotopic (exact) mass is 375 g/mol. The molecule has 3 rings (SSSR count). The summed E-state index contributed by atoms with van der Waals surface area (Å²) in [4.78, 5) is 26.8. The Kier molecular flexibility index (Phi) is 5.52. The SMILES string of the molecule is CC(C)(C)CN1CCNC(=O)C1CC(=O)NCc1ccc2nsnc2c1. The lowest BCUT2D eigenvalue weighted by molar-refractivity contribution is -0.134. The molecule has 0 aliphatic carbocycles. The van der Waals surface area contributed by atoms with Crippen LogP contribution in [0.4, 0.5) is 0 Å². The van der Waals surface area contributed by atoms with Crippen LogP contribution in [0.2, 0.25) is 0 Å². The summed E-state index contributed by atoms with van der Waals surface area (Å²) in [5.41, 5.74) is 2.74. The van der Waals surface area contributed by atoms with Crippen LogP contribution in [-0.4, -0.2) is 51.1 Å². The molecule has 1 saturated heterocycles. The molecule has 26 heavy (non-hydrogen) atoms. The molecule has 1 aliphatic rings. The van der Waals surface area contributed by atoms with Crippen molar-refractivity contribution in [3.8, 4) is 0 Å². The van der Waals surface area contributed by atoms with E-state index in [1.54, 1.807) is 0 Å². The van der Waals surface area contributed by atoms with Crippen LogP contribution in [0.15, 0.2) is 18.2 Å². The molecule has 0 saturated carbocycles. The van der Waals surface area contributed by atoms with Gasteiger partial charge in [-0.15, -0.1) is 0 Å². The molecule has 2 heterocycles. The van der Waals surface area contributed by atoms with Gasteiger partial charge < -0.3 is 10.6 Å². The third kappa shape index (κ3) is 4.76. The number of amides is 2. The Morgan fingerprint density at radius 3 is 2.88 bits per heavy atom. The van der Waals surface area contributed by atoms with Crippen molar-refractivity contribution in [1.82, 2.24) is 24.3 Å². The van der Waals surface area contributed by atoms with E-state index in [4.69, 9.17) is 0 Å². The van der Waals surface area contributed by atoms with Crippen LogP contribution in [0.5, 0.6) is 0 Å². The van der Waals surface area contributed by atoms with Crippen molar-refractivity contribution >= 4 is 34.6 Å². The largest absolute Gasteiger partial charge is 0.353 e. The van der Waals surface area contributed by atoms with E-state index in [0.29, 0.717) is 13.1 Å². The number of benzene rings is 1. The number of nitrogens with zero attached hydrogens (tertiary/aromatic N) is 3. The highest BCUT2D eigenvalue weighted by Crippen LogP contribution is 2.20. The first-order valence-corrected chi connectivity index (χ1v) is 9.54. The third-order valence-corrected chi connectivity index (χ3v) is 4.86. The highest BCUT2D eigenvalue weighted by molar-refractivity contribution is 7.00. The molecule has 2 amide bonds. The molecule has 0 radical (unpaired) electrons. The number of fused-ring (bicyclic) bond motifs is 1. The van der Waals surface area contributed by atoms with Gasteiger partial charge >= 0.3 is 0 Å². The molecule has 2 aromatic rings. The van der Waals surface area contributed by atoms with Crippen LogP contribution >= 0.6 is 11.7 Å². The van der Waals surface area contributed by atoms with E-state index in [-0.39, 0.29) is 23.7 Å². The van der Waals surface area contributed by atoms with Crippen LogP contribution < -0.4 is 10.6 Å². The van der Waals surface area contributed by atoms with Gasteiger partial charge in [0, 0.05) is 26.2 Å². The van der Waals surface area contributed by atoms with Gasteiger partial charge in [-0.3, -0.25) is 14.5 Å². The minimum absolute atomic E-state index is 0.0642. The van der Waals surface area contributed by atoms with Gasteiger partial charge in [0.15, 0.2) is 0 Å². The number of piperazine rings is 1. The summed E-state index contributed by atoms with van der Waals surface area (Å²) < 4.78 is 8.38. The maximum atomic E-state index is 12.4. The smallest absolute Gasteiger partial charge is 0.237 e. The molecule has 0 bridgehead atoms. The fourth-order valence-corrected chi connectivity index (χ4v) is 3.69. The Labute approximate surface area is 157 Å². The Morgan fingerprint density at radius 1 is 1.35 bits per heavy atom. The normalized spacial score (nSPS) is 18.7. The van der Waals surface area contributed by atoms with Crippen molar-refractivity contribution in [2.24, 2.45) is 5.41 Å². The molecule has 2 N–H and O–H groups in total. The van der Waals surface area contributed by atoms with E-state index in [2.05, 4.69) is 45.1 Å². The summed E-state index contributed by atoms with van der Waals surface area (Å²) in [6.07, 6.45) is 0.169. The average Bonchev–Trinajstić information content (AvgIpc) is 3.02. The van der Waals surface area contributed by atoms with Gasteiger partial charge in [0.05, 0.1) is 24.2 Å². The molecule has 140 valence electrons. The van der Waals surface area contributed by atoms with Gasteiger partial charge in [-0.05, 0) is 23.1 Å². The summed E-state index contributed by atoms with van der Waals surface area (Å²) in [5.74, 6) is -0.187. The molecule has 1 fully saturated rings. The van der Waals surface area contributed by atoms with Crippen LogP contribution in [0.3, 0.4) is 0 Å². The first kappa shape index (κ1) is 18.7. The van der Waals surface area contributed by atoms with Gasteiger partial charge in [0.25, 0.3) is 0 Å². The molecular formula is C18H25N5O2S. The predicted molar refractivity (Wildman–Crippen MR) is 102 cm³/mol. The first-order chi connectivity index (χ1) is 12.3. The summed E-state index contributed by atoms with van der Waals surface area (Å²) in [5, 5.41) is 5.79. The zero-order valence-electron chi connectivity index (χ0n) is 15.4. The second-order valence-corrected chi connectivity index (χ2v) is 8.43. The Hall–Kier alpha value is -2.06. The lowest BCUT2D eigenvalue weighted by Crippen LogP contribution is -2.58. The zero-order chi connectivity index (χ0) is 18.7. The number of rotatable bonds is 5. The topological polar surface area (TPSA) is 87.2 Å². The molecule has 1 aromatic heterocycles. The van der Waals surface area contributed by atoms with Crippen molar-refractivity contribution in [3.63, 3.8) is 0 Å².